The summed E-state index contributed by atoms with van der Waals surface area (Å²) in [7, 11) is 0. The third kappa shape index (κ3) is 2.04. The van der Waals surface area contributed by atoms with Gasteiger partial charge < -0.3 is 4.57 Å². The normalized spacial score (nSPS) is 17.3. The molecule has 1 fully saturated rings. The smallest absolute Gasteiger partial charge is 0.121 e. The van der Waals surface area contributed by atoms with Gasteiger partial charge in [0.05, 0.1) is 0 Å². The second-order valence-electron chi connectivity index (χ2n) is 4.45. The Morgan fingerprint density at radius 2 is 2.12 bits per heavy atom. The van der Waals surface area contributed by atoms with Crippen molar-refractivity contribution >= 4 is 15.9 Å². The summed E-state index contributed by atoms with van der Waals surface area (Å²) in [6.07, 6.45) is 7.38. The van der Waals surface area contributed by atoms with Crippen molar-refractivity contribution in [2.45, 2.75) is 51.5 Å². The predicted octanol–water partition coefficient (Wildman–Crippen LogP) is 4.19. The third-order valence-corrected chi connectivity index (χ3v) is 4.17. The van der Waals surface area contributed by atoms with E-state index < -0.39 is 0 Å². The Bertz CT molecular complexity index is 408. The van der Waals surface area contributed by atoms with E-state index >= 15 is 0 Å². The highest BCUT2D eigenvalue weighted by Crippen LogP contribution is 2.34. The third-order valence-electron chi connectivity index (χ3n) is 3.48. The van der Waals surface area contributed by atoms with Gasteiger partial charge in [-0.2, -0.15) is 5.26 Å². The van der Waals surface area contributed by atoms with E-state index in [1.165, 1.54) is 37.8 Å². The van der Waals surface area contributed by atoms with E-state index in [-0.39, 0.29) is 0 Å². The number of rotatable bonds is 2. The average molecular weight is 281 g/mol. The van der Waals surface area contributed by atoms with Crippen LogP contribution in [0.3, 0.4) is 0 Å². The van der Waals surface area contributed by atoms with Crippen molar-refractivity contribution in [3.05, 3.63) is 21.9 Å². The van der Waals surface area contributed by atoms with E-state index in [4.69, 9.17) is 0 Å². The number of nitriles is 1. The van der Waals surface area contributed by atoms with Gasteiger partial charge in [-0.3, -0.25) is 0 Å². The van der Waals surface area contributed by atoms with Crippen LogP contribution in [0.2, 0.25) is 0 Å². The molecule has 0 unspecified atom stereocenters. The van der Waals surface area contributed by atoms with E-state index in [9.17, 15) is 5.26 Å². The van der Waals surface area contributed by atoms with Gasteiger partial charge in [0.15, 0.2) is 0 Å². The molecule has 0 bridgehead atoms. The van der Waals surface area contributed by atoms with Gasteiger partial charge in [0.1, 0.15) is 11.8 Å². The first-order valence-corrected chi connectivity index (χ1v) is 6.87. The summed E-state index contributed by atoms with van der Waals surface area (Å²) >= 11 is 3.56. The van der Waals surface area contributed by atoms with Crippen molar-refractivity contribution in [2.24, 2.45) is 0 Å². The molecular formula is C13H17BrN2. The summed E-state index contributed by atoms with van der Waals surface area (Å²) in [5.74, 6) is 0. The number of hydrogen-bond acceptors (Lipinski definition) is 1. The minimum absolute atomic E-state index is 0.546. The lowest BCUT2D eigenvalue weighted by Crippen LogP contribution is -2.16. The fourth-order valence-corrected chi connectivity index (χ4v) is 3.40. The Kier molecular flexibility index (Phi) is 3.70. The van der Waals surface area contributed by atoms with Gasteiger partial charge in [-0.1, -0.05) is 26.2 Å². The summed E-state index contributed by atoms with van der Waals surface area (Å²) in [4.78, 5) is 0. The molecule has 0 atom stereocenters. The molecule has 2 rings (SSSR count). The topological polar surface area (TPSA) is 28.7 Å². The molecule has 1 aromatic heterocycles. The van der Waals surface area contributed by atoms with Gasteiger partial charge in [0.25, 0.3) is 0 Å². The van der Waals surface area contributed by atoms with Gasteiger partial charge in [0.2, 0.25) is 0 Å². The molecule has 0 radical (unpaired) electrons. The summed E-state index contributed by atoms with van der Waals surface area (Å²) in [6.45, 7) is 2.15. The Morgan fingerprint density at radius 1 is 1.44 bits per heavy atom. The van der Waals surface area contributed by atoms with Crippen LogP contribution in [0.15, 0.2) is 10.5 Å². The first-order chi connectivity index (χ1) is 7.77. The maximum Gasteiger partial charge on any atom is 0.121 e. The van der Waals surface area contributed by atoms with E-state index in [2.05, 4.69) is 33.5 Å². The molecule has 86 valence electrons. The van der Waals surface area contributed by atoms with Crippen LogP contribution in [0.5, 0.6) is 0 Å². The quantitative estimate of drug-likeness (QED) is 0.799. The van der Waals surface area contributed by atoms with Gasteiger partial charge in [-0.05, 0) is 41.3 Å². The minimum Gasteiger partial charge on any atom is -0.332 e. The van der Waals surface area contributed by atoms with Crippen LogP contribution in [0.4, 0.5) is 0 Å². The lowest BCUT2D eigenvalue weighted by molar-refractivity contribution is 0.346. The summed E-state index contributed by atoms with van der Waals surface area (Å²) in [6, 6.07) is 4.83. The molecule has 1 saturated carbocycles. The highest BCUT2D eigenvalue weighted by atomic mass is 79.9. The van der Waals surface area contributed by atoms with Crippen LogP contribution in [0, 0.1) is 11.3 Å². The molecule has 0 spiro atoms. The second kappa shape index (κ2) is 5.05. The number of halogens is 1. The highest BCUT2D eigenvalue weighted by molar-refractivity contribution is 9.10. The monoisotopic (exact) mass is 280 g/mol. The lowest BCUT2D eigenvalue weighted by Gasteiger charge is -2.26. The molecule has 1 aromatic rings. The van der Waals surface area contributed by atoms with E-state index in [0.29, 0.717) is 6.04 Å². The molecule has 1 aliphatic carbocycles. The van der Waals surface area contributed by atoms with Crippen molar-refractivity contribution in [1.29, 1.82) is 5.26 Å². The lowest BCUT2D eigenvalue weighted by atomic mass is 9.95. The zero-order valence-corrected chi connectivity index (χ0v) is 11.3. The Labute approximate surface area is 105 Å². The minimum atomic E-state index is 0.546. The molecule has 0 amide bonds. The van der Waals surface area contributed by atoms with Gasteiger partial charge in [-0.25, -0.2) is 0 Å². The van der Waals surface area contributed by atoms with E-state index in [1.807, 2.05) is 6.07 Å². The second-order valence-corrected chi connectivity index (χ2v) is 5.31. The Morgan fingerprint density at radius 3 is 2.69 bits per heavy atom. The average Bonchev–Trinajstić information content (AvgIpc) is 2.66. The molecule has 1 aliphatic rings. The van der Waals surface area contributed by atoms with Crippen LogP contribution in [0.1, 0.15) is 56.5 Å². The van der Waals surface area contributed by atoms with Gasteiger partial charge in [0, 0.05) is 16.2 Å². The number of hydrogen-bond donors (Lipinski definition) is 0. The molecular weight excluding hydrogens is 264 g/mol. The van der Waals surface area contributed by atoms with Gasteiger partial charge >= 0.3 is 0 Å². The van der Waals surface area contributed by atoms with Crippen molar-refractivity contribution in [1.82, 2.24) is 4.57 Å². The van der Waals surface area contributed by atoms with Crippen LogP contribution in [0.25, 0.3) is 0 Å². The SMILES string of the molecule is CCc1c(Br)cc(C#N)n1C1CCCCC1. The van der Waals surface area contributed by atoms with E-state index in [0.717, 1.165) is 16.6 Å². The summed E-state index contributed by atoms with van der Waals surface area (Å²) in [5.41, 5.74) is 2.10. The standard InChI is InChI=1S/C13H17BrN2/c1-2-13-12(14)8-11(9-15)16(13)10-6-4-3-5-7-10/h8,10H,2-7H2,1H3. The maximum absolute atomic E-state index is 9.19. The molecule has 2 nitrogen and oxygen atoms in total. The Hall–Kier alpha value is -0.750. The maximum atomic E-state index is 9.19. The number of aromatic nitrogens is 1. The first-order valence-electron chi connectivity index (χ1n) is 6.07. The van der Waals surface area contributed by atoms with Crippen LogP contribution in [-0.2, 0) is 6.42 Å². The Balaban J connectivity index is 2.40. The molecule has 16 heavy (non-hydrogen) atoms. The van der Waals surface area contributed by atoms with Crippen molar-refractivity contribution < 1.29 is 0 Å². The fraction of sp³-hybridized carbons (Fsp3) is 0.615. The fourth-order valence-electron chi connectivity index (χ4n) is 2.72. The summed E-state index contributed by atoms with van der Waals surface area (Å²) in [5, 5.41) is 9.19. The highest BCUT2D eigenvalue weighted by Gasteiger charge is 2.21. The van der Waals surface area contributed by atoms with Crippen molar-refractivity contribution in [3.63, 3.8) is 0 Å². The summed E-state index contributed by atoms with van der Waals surface area (Å²) < 4.78 is 3.36. The molecule has 0 aliphatic heterocycles. The molecule has 0 N–H and O–H groups in total. The molecule has 1 heterocycles. The first kappa shape index (κ1) is 11.7. The largest absolute Gasteiger partial charge is 0.332 e. The van der Waals surface area contributed by atoms with Gasteiger partial charge in [-0.15, -0.1) is 0 Å². The molecule has 0 aromatic carbocycles. The van der Waals surface area contributed by atoms with E-state index in [1.54, 1.807) is 0 Å². The van der Waals surface area contributed by atoms with Crippen molar-refractivity contribution in [3.8, 4) is 6.07 Å². The number of nitrogens with zero attached hydrogens (tertiary/aromatic N) is 2. The predicted molar refractivity (Wildman–Crippen MR) is 68.3 cm³/mol. The molecule has 3 heteroatoms. The van der Waals surface area contributed by atoms with Crippen LogP contribution < -0.4 is 0 Å². The van der Waals surface area contributed by atoms with Crippen molar-refractivity contribution in [2.75, 3.05) is 0 Å². The van der Waals surface area contributed by atoms with Crippen LogP contribution in [-0.4, -0.2) is 4.57 Å². The zero-order valence-electron chi connectivity index (χ0n) is 9.67. The zero-order chi connectivity index (χ0) is 11.5. The van der Waals surface area contributed by atoms with Crippen LogP contribution >= 0.6 is 15.9 Å². The molecule has 0 saturated heterocycles.